The van der Waals surface area contributed by atoms with Crippen molar-refractivity contribution in [2.75, 3.05) is 0 Å². The molecule has 0 saturated carbocycles. The highest BCUT2D eigenvalue weighted by Gasteiger charge is 2.16. The van der Waals surface area contributed by atoms with Crippen LogP contribution in [-0.2, 0) is 17.3 Å². The Bertz CT molecular complexity index is 700. The van der Waals surface area contributed by atoms with E-state index in [9.17, 15) is 4.79 Å². The summed E-state index contributed by atoms with van der Waals surface area (Å²) in [7, 11) is 1.98. The first-order chi connectivity index (χ1) is 9.20. The van der Waals surface area contributed by atoms with Crippen LogP contribution in [0.3, 0.4) is 0 Å². The van der Waals surface area contributed by atoms with Gasteiger partial charge in [-0.05, 0) is 35.6 Å². The second-order valence-corrected chi connectivity index (χ2v) is 6.30. The van der Waals surface area contributed by atoms with Gasteiger partial charge in [-0.15, -0.1) is 0 Å². The molecule has 0 aliphatic rings. The van der Waals surface area contributed by atoms with E-state index in [-0.39, 0.29) is 5.41 Å². The maximum atomic E-state index is 10.9. The Morgan fingerprint density at radius 1 is 1.30 bits per heavy atom. The van der Waals surface area contributed by atoms with E-state index in [2.05, 4.69) is 39.0 Å². The van der Waals surface area contributed by atoms with Crippen molar-refractivity contribution in [1.82, 2.24) is 4.57 Å². The molecule has 1 N–H and O–H groups in total. The normalized spacial score (nSPS) is 12.9. The minimum absolute atomic E-state index is 0.0751. The third kappa shape index (κ3) is 2.62. The lowest BCUT2D eigenvalue weighted by atomic mass is 9.86. The molecule has 0 aliphatic carbocycles. The van der Waals surface area contributed by atoms with Crippen LogP contribution < -0.4 is 0 Å². The number of carboxylic acids is 1. The number of carbonyl (C=O) groups is 1. The molecule has 0 saturated heterocycles. The smallest absolute Gasteiger partial charge is 0.328 e. The lowest BCUT2D eigenvalue weighted by Crippen LogP contribution is -2.10. The summed E-state index contributed by atoms with van der Waals surface area (Å²) in [6, 6.07) is 6.42. The van der Waals surface area contributed by atoms with Gasteiger partial charge >= 0.3 is 5.97 Å². The fourth-order valence-corrected chi connectivity index (χ4v) is 2.44. The summed E-state index contributed by atoms with van der Waals surface area (Å²) < 4.78 is 2.04. The van der Waals surface area contributed by atoms with E-state index >= 15 is 0 Å². The lowest BCUT2D eigenvalue weighted by molar-refractivity contribution is -0.131. The van der Waals surface area contributed by atoms with Gasteiger partial charge in [0.05, 0.1) is 0 Å². The average Bonchev–Trinajstić information content (AvgIpc) is 2.64. The third-order valence-electron chi connectivity index (χ3n) is 3.62. The van der Waals surface area contributed by atoms with E-state index in [0.717, 1.165) is 22.0 Å². The molecule has 20 heavy (non-hydrogen) atoms. The Labute approximate surface area is 119 Å². The summed E-state index contributed by atoms with van der Waals surface area (Å²) in [6.45, 7) is 8.37. The molecule has 0 spiro atoms. The van der Waals surface area contributed by atoms with Gasteiger partial charge in [0.25, 0.3) is 0 Å². The molecule has 0 fully saturated rings. The van der Waals surface area contributed by atoms with Crippen molar-refractivity contribution in [2.24, 2.45) is 7.05 Å². The molecule has 1 aromatic carbocycles. The quantitative estimate of drug-likeness (QED) is 0.840. The second kappa shape index (κ2) is 4.82. The zero-order chi connectivity index (χ0) is 15.1. The molecule has 2 aromatic rings. The molecule has 2 rings (SSSR count). The van der Waals surface area contributed by atoms with Crippen LogP contribution in [0, 0.1) is 0 Å². The van der Waals surface area contributed by atoms with Gasteiger partial charge < -0.3 is 9.67 Å². The average molecular weight is 271 g/mol. The van der Waals surface area contributed by atoms with Crippen molar-refractivity contribution in [3.63, 3.8) is 0 Å². The zero-order valence-corrected chi connectivity index (χ0v) is 12.7. The van der Waals surface area contributed by atoms with E-state index in [0.29, 0.717) is 0 Å². The van der Waals surface area contributed by atoms with Crippen molar-refractivity contribution in [2.45, 2.75) is 33.1 Å². The number of aliphatic carboxylic acids is 1. The monoisotopic (exact) mass is 271 g/mol. The maximum absolute atomic E-state index is 10.9. The van der Waals surface area contributed by atoms with Crippen molar-refractivity contribution < 1.29 is 9.90 Å². The Morgan fingerprint density at radius 3 is 2.50 bits per heavy atom. The highest BCUT2D eigenvalue weighted by atomic mass is 16.4. The highest BCUT2D eigenvalue weighted by molar-refractivity contribution is 5.98. The first-order valence-corrected chi connectivity index (χ1v) is 6.71. The van der Waals surface area contributed by atoms with Gasteiger partial charge in [0, 0.05) is 35.8 Å². The molecule has 3 heteroatoms. The van der Waals surface area contributed by atoms with Crippen LogP contribution in [-0.4, -0.2) is 15.6 Å². The van der Waals surface area contributed by atoms with Crippen molar-refractivity contribution >= 4 is 22.4 Å². The molecule has 0 aliphatic heterocycles. The highest BCUT2D eigenvalue weighted by Crippen LogP contribution is 2.31. The first-order valence-electron chi connectivity index (χ1n) is 6.71. The van der Waals surface area contributed by atoms with Crippen molar-refractivity contribution in [3.8, 4) is 0 Å². The number of hydrogen-bond acceptors (Lipinski definition) is 1. The van der Waals surface area contributed by atoms with Gasteiger partial charge in [0.1, 0.15) is 0 Å². The summed E-state index contributed by atoms with van der Waals surface area (Å²) in [5.41, 5.74) is 4.20. The molecule has 3 nitrogen and oxygen atoms in total. The van der Waals surface area contributed by atoms with Gasteiger partial charge in [-0.1, -0.05) is 26.8 Å². The minimum atomic E-state index is -0.911. The molecule has 1 aromatic heterocycles. The van der Waals surface area contributed by atoms with Gasteiger partial charge in [0.2, 0.25) is 0 Å². The van der Waals surface area contributed by atoms with E-state index < -0.39 is 5.97 Å². The van der Waals surface area contributed by atoms with E-state index in [1.165, 1.54) is 11.6 Å². The van der Waals surface area contributed by atoms with E-state index in [4.69, 9.17) is 5.11 Å². The predicted molar refractivity (Wildman–Crippen MR) is 82.9 cm³/mol. The molecule has 0 amide bonds. The number of fused-ring (bicyclic) bond motifs is 1. The number of hydrogen-bond donors (Lipinski definition) is 1. The number of nitrogens with zero attached hydrogens (tertiary/aromatic N) is 1. The Morgan fingerprint density at radius 2 is 1.95 bits per heavy atom. The summed E-state index contributed by atoms with van der Waals surface area (Å²) in [5.74, 6) is -0.911. The van der Waals surface area contributed by atoms with Crippen molar-refractivity contribution in [1.29, 1.82) is 0 Å². The summed E-state index contributed by atoms with van der Waals surface area (Å²) in [6.07, 6.45) is 3.25. The van der Waals surface area contributed by atoms with Crippen LogP contribution in [0.25, 0.3) is 16.5 Å². The van der Waals surface area contributed by atoms with Crippen LogP contribution in [0.1, 0.15) is 38.8 Å². The summed E-state index contributed by atoms with van der Waals surface area (Å²) in [5, 5.41) is 10.0. The van der Waals surface area contributed by atoms with Crippen LogP contribution in [0.15, 0.2) is 30.5 Å². The van der Waals surface area contributed by atoms with Gasteiger partial charge in [-0.25, -0.2) is 4.79 Å². The SMILES string of the molecule is C/C(=C\C(=O)O)c1cn(C)c2ccc(C(C)(C)C)cc12. The molecule has 1 heterocycles. The second-order valence-electron chi connectivity index (χ2n) is 6.30. The first kappa shape index (κ1) is 14.4. The predicted octanol–water partition coefficient (Wildman–Crippen LogP) is 3.96. The Hall–Kier alpha value is -2.03. The zero-order valence-electron chi connectivity index (χ0n) is 12.7. The van der Waals surface area contributed by atoms with Gasteiger partial charge in [-0.2, -0.15) is 0 Å². The van der Waals surface area contributed by atoms with E-state index in [1.54, 1.807) is 0 Å². The topological polar surface area (TPSA) is 42.2 Å². The summed E-state index contributed by atoms with van der Waals surface area (Å²) in [4.78, 5) is 10.9. The molecular formula is C17H21NO2. The molecular weight excluding hydrogens is 250 g/mol. The number of aromatic nitrogens is 1. The number of aryl methyl sites for hydroxylation is 1. The number of rotatable bonds is 2. The Kier molecular flexibility index (Phi) is 3.46. The lowest BCUT2D eigenvalue weighted by Gasteiger charge is -2.19. The fourth-order valence-electron chi connectivity index (χ4n) is 2.44. The van der Waals surface area contributed by atoms with E-state index in [1.807, 2.05) is 24.7 Å². The van der Waals surface area contributed by atoms with Gasteiger partial charge in [-0.3, -0.25) is 0 Å². The number of allylic oxidation sites excluding steroid dienone is 1. The molecule has 0 unspecified atom stereocenters. The van der Waals surface area contributed by atoms with Gasteiger partial charge in [0.15, 0.2) is 0 Å². The third-order valence-corrected chi connectivity index (χ3v) is 3.62. The fraction of sp³-hybridized carbons (Fsp3) is 0.353. The number of carboxylic acid groups (broad SMARTS) is 1. The van der Waals surface area contributed by atoms with Crippen LogP contribution >= 0.6 is 0 Å². The molecule has 106 valence electrons. The molecule has 0 atom stereocenters. The van der Waals surface area contributed by atoms with Crippen LogP contribution in [0.4, 0.5) is 0 Å². The molecule has 0 radical (unpaired) electrons. The maximum Gasteiger partial charge on any atom is 0.328 e. The van der Waals surface area contributed by atoms with Crippen molar-refractivity contribution in [3.05, 3.63) is 41.6 Å². The number of benzene rings is 1. The minimum Gasteiger partial charge on any atom is -0.478 e. The Balaban J connectivity index is 2.70. The summed E-state index contributed by atoms with van der Waals surface area (Å²) >= 11 is 0. The van der Waals surface area contributed by atoms with Crippen LogP contribution in [0.2, 0.25) is 0 Å². The molecule has 0 bridgehead atoms. The van der Waals surface area contributed by atoms with Crippen LogP contribution in [0.5, 0.6) is 0 Å². The standard InChI is InChI=1S/C17H21NO2/c1-11(8-16(19)20)14-10-18(5)15-7-6-12(9-13(14)15)17(2,3)4/h6-10H,1-5H3,(H,19,20)/b11-8+. The largest absolute Gasteiger partial charge is 0.478 e.